The Morgan fingerprint density at radius 3 is 2.62 bits per heavy atom. The Morgan fingerprint density at radius 2 is 1.81 bits per heavy atom. The van der Waals surface area contributed by atoms with Gasteiger partial charge in [0.15, 0.2) is 0 Å². The average molecular weight is 281 g/mol. The molecule has 4 heteroatoms. The van der Waals surface area contributed by atoms with Crippen molar-refractivity contribution in [2.45, 2.75) is 13.0 Å². The number of imidazole rings is 1. The fraction of sp³-hybridized carbons (Fsp3) is 0.235. The Labute approximate surface area is 123 Å². The third-order valence-electron chi connectivity index (χ3n) is 3.65. The molecule has 4 nitrogen and oxygen atoms in total. The molecule has 0 saturated carbocycles. The molecule has 0 spiro atoms. The fourth-order valence-corrected chi connectivity index (χ4v) is 2.72. The highest BCUT2D eigenvalue weighted by Crippen LogP contribution is 2.27. The highest BCUT2D eigenvalue weighted by atomic mass is 16.3. The molecule has 0 saturated heterocycles. The fourth-order valence-electron chi connectivity index (χ4n) is 2.72. The van der Waals surface area contributed by atoms with Gasteiger partial charge in [-0.05, 0) is 30.7 Å². The lowest BCUT2D eigenvalue weighted by atomic mass is 10.0. The lowest BCUT2D eigenvalue weighted by molar-refractivity contribution is 0.278. The number of nitrogens with zero attached hydrogens (tertiary/aromatic N) is 2. The predicted octanol–water partition coefficient (Wildman–Crippen LogP) is 2.20. The summed E-state index contributed by atoms with van der Waals surface area (Å²) in [4.78, 5) is 4.76. The van der Waals surface area contributed by atoms with Crippen LogP contribution in [0.3, 0.4) is 0 Å². The van der Waals surface area contributed by atoms with E-state index in [2.05, 4.69) is 16.7 Å². The first-order valence-corrected chi connectivity index (χ1v) is 7.19. The van der Waals surface area contributed by atoms with Gasteiger partial charge in [-0.3, -0.25) is 0 Å². The Hall–Kier alpha value is -2.17. The molecule has 0 aliphatic carbocycles. The number of aliphatic hydroxyl groups is 1. The van der Waals surface area contributed by atoms with Crippen LogP contribution in [0.2, 0.25) is 0 Å². The van der Waals surface area contributed by atoms with Gasteiger partial charge in [-0.15, -0.1) is 0 Å². The molecule has 0 amide bonds. The quantitative estimate of drug-likeness (QED) is 0.753. The Balaban J connectivity index is 2.22. The first-order valence-electron chi connectivity index (χ1n) is 7.19. The zero-order valence-corrected chi connectivity index (χ0v) is 11.9. The number of nitrogens with two attached hydrogens (primary N) is 1. The van der Waals surface area contributed by atoms with Gasteiger partial charge in [-0.25, -0.2) is 4.98 Å². The maximum absolute atomic E-state index is 9.37. The number of benzene rings is 2. The van der Waals surface area contributed by atoms with Crippen LogP contribution in [0.4, 0.5) is 0 Å². The van der Waals surface area contributed by atoms with Crippen LogP contribution in [0.15, 0.2) is 48.5 Å². The molecule has 3 aromatic rings. The largest absolute Gasteiger partial charge is 0.395 e. The van der Waals surface area contributed by atoms with Gasteiger partial charge in [0, 0.05) is 12.1 Å². The molecule has 3 N–H and O–H groups in total. The topological polar surface area (TPSA) is 64.1 Å². The van der Waals surface area contributed by atoms with Crippen molar-refractivity contribution in [1.82, 2.24) is 9.55 Å². The zero-order valence-electron chi connectivity index (χ0n) is 11.9. The lowest BCUT2D eigenvalue weighted by Crippen LogP contribution is -2.07. The van der Waals surface area contributed by atoms with E-state index in [1.807, 2.05) is 36.4 Å². The molecule has 3 rings (SSSR count). The maximum Gasteiger partial charge on any atom is 0.141 e. The second-order valence-corrected chi connectivity index (χ2v) is 5.00. The summed E-state index contributed by atoms with van der Waals surface area (Å²) in [6, 6.07) is 16.2. The van der Waals surface area contributed by atoms with E-state index in [4.69, 9.17) is 10.7 Å². The molecule has 0 aliphatic heterocycles. The Kier molecular flexibility index (Phi) is 3.99. The van der Waals surface area contributed by atoms with Gasteiger partial charge >= 0.3 is 0 Å². The van der Waals surface area contributed by atoms with Crippen molar-refractivity contribution >= 4 is 11.0 Å². The summed E-state index contributed by atoms with van der Waals surface area (Å²) in [5, 5.41) is 9.37. The molecule has 0 atom stereocenters. The van der Waals surface area contributed by atoms with Crippen LogP contribution < -0.4 is 5.73 Å². The number of fused-ring (bicyclic) bond motifs is 1. The second kappa shape index (κ2) is 6.08. The van der Waals surface area contributed by atoms with Gasteiger partial charge in [0.05, 0.1) is 17.6 Å². The number of aromatic nitrogens is 2. The first-order chi connectivity index (χ1) is 10.3. The Bertz CT molecular complexity index is 749. The monoisotopic (exact) mass is 281 g/mol. The van der Waals surface area contributed by atoms with Gasteiger partial charge in [0.2, 0.25) is 0 Å². The molecular formula is C17H19N3O. The summed E-state index contributed by atoms with van der Waals surface area (Å²) in [7, 11) is 0. The lowest BCUT2D eigenvalue weighted by Gasteiger charge is -2.11. The second-order valence-electron chi connectivity index (χ2n) is 5.00. The van der Waals surface area contributed by atoms with Crippen LogP contribution in [-0.2, 0) is 13.0 Å². The van der Waals surface area contributed by atoms with Crippen molar-refractivity contribution in [2.24, 2.45) is 5.73 Å². The summed E-state index contributed by atoms with van der Waals surface area (Å²) in [6.07, 6.45) is 0.818. The minimum Gasteiger partial charge on any atom is -0.395 e. The zero-order chi connectivity index (χ0) is 14.7. The minimum atomic E-state index is 0.0897. The first kappa shape index (κ1) is 13.8. The van der Waals surface area contributed by atoms with Crippen LogP contribution in [0.1, 0.15) is 5.56 Å². The number of hydrogen-bond donors (Lipinski definition) is 2. The number of aliphatic hydroxyl groups excluding tert-OH is 1. The van der Waals surface area contributed by atoms with E-state index >= 15 is 0 Å². The maximum atomic E-state index is 9.37. The van der Waals surface area contributed by atoms with Crippen LogP contribution in [0, 0.1) is 0 Å². The summed E-state index contributed by atoms with van der Waals surface area (Å²) >= 11 is 0. The molecule has 0 radical (unpaired) electrons. The van der Waals surface area contributed by atoms with E-state index in [0.717, 1.165) is 28.8 Å². The third-order valence-corrected chi connectivity index (χ3v) is 3.65. The summed E-state index contributed by atoms with van der Waals surface area (Å²) in [6.45, 7) is 1.23. The van der Waals surface area contributed by atoms with Crippen LogP contribution >= 0.6 is 0 Å². The van der Waals surface area contributed by atoms with Gasteiger partial charge in [0.25, 0.3) is 0 Å². The SMILES string of the molecule is NCCc1ccccc1-c1nc2ccccc2n1CCO. The van der Waals surface area contributed by atoms with Crippen molar-refractivity contribution in [3.63, 3.8) is 0 Å². The number of rotatable bonds is 5. The van der Waals surface area contributed by atoms with E-state index in [0.29, 0.717) is 13.1 Å². The average Bonchev–Trinajstić information content (AvgIpc) is 2.88. The van der Waals surface area contributed by atoms with Gasteiger partial charge in [-0.2, -0.15) is 0 Å². The van der Waals surface area contributed by atoms with E-state index < -0.39 is 0 Å². The summed E-state index contributed by atoms with van der Waals surface area (Å²) < 4.78 is 2.07. The molecule has 0 fully saturated rings. The smallest absolute Gasteiger partial charge is 0.141 e. The standard InChI is InChI=1S/C17H19N3O/c18-10-9-13-5-1-2-6-14(13)17-19-15-7-3-4-8-16(15)20(17)11-12-21/h1-8,21H,9-12,18H2. The van der Waals surface area contributed by atoms with E-state index in [9.17, 15) is 5.11 Å². The molecule has 2 aromatic carbocycles. The van der Waals surface area contributed by atoms with Crippen LogP contribution in [0.25, 0.3) is 22.4 Å². The van der Waals surface area contributed by atoms with Crippen molar-refractivity contribution in [2.75, 3.05) is 13.2 Å². The van der Waals surface area contributed by atoms with Crippen molar-refractivity contribution in [3.8, 4) is 11.4 Å². The van der Waals surface area contributed by atoms with E-state index in [1.54, 1.807) is 0 Å². The van der Waals surface area contributed by atoms with Crippen LogP contribution in [0.5, 0.6) is 0 Å². The molecule has 0 bridgehead atoms. The summed E-state index contributed by atoms with van der Waals surface area (Å²) in [5.41, 5.74) is 9.99. The molecule has 1 heterocycles. The molecule has 108 valence electrons. The van der Waals surface area contributed by atoms with Crippen molar-refractivity contribution in [3.05, 3.63) is 54.1 Å². The highest BCUT2D eigenvalue weighted by molar-refractivity contribution is 5.81. The van der Waals surface area contributed by atoms with E-state index in [1.165, 1.54) is 5.56 Å². The minimum absolute atomic E-state index is 0.0897. The molecule has 21 heavy (non-hydrogen) atoms. The summed E-state index contributed by atoms with van der Waals surface area (Å²) in [5.74, 6) is 0.898. The molecule has 1 aromatic heterocycles. The van der Waals surface area contributed by atoms with E-state index in [-0.39, 0.29) is 6.61 Å². The predicted molar refractivity (Wildman–Crippen MR) is 85.0 cm³/mol. The molecule has 0 unspecified atom stereocenters. The highest BCUT2D eigenvalue weighted by Gasteiger charge is 2.14. The third kappa shape index (κ3) is 2.55. The van der Waals surface area contributed by atoms with Crippen molar-refractivity contribution < 1.29 is 5.11 Å². The van der Waals surface area contributed by atoms with Gasteiger partial charge in [0.1, 0.15) is 5.82 Å². The molecular weight excluding hydrogens is 262 g/mol. The van der Waals surface area contributed by atoms with Gasteiger partial charge < -0.3 is 15.4 Å². The van der Waals surface area contributed by atoms with Crippen LogP contribution in [-0.4, -0.2) is 27.8 Å². The number of para-hydroxylation sites is 2. The molecule has 0 aliphatic rings. The number of hydrogen-bond acceptors (Lipinski definition) is 3. The van der Waals surface area contributed by atoms with Crippen molar-refractivity contribution in [1.29, 1.82) is 0 Å². The normalized spacial score (nSPS) is 11.1. The Morgan fingerprint density at radius 1 is 1.05 bits per heavy atom. The van der Waals surface area contributed by atoms with Gasteiger partial charge in [-0.1, -0.05) is 36.4 Å².